The molecule has 30 heavy (non-hydrogen) atoms. The SMILES string of the molecule is COc1ccc(-c2nc(C(=O)N(C)CC(=O)Nc3cccc(F)c3)cs2)cc1OC. The quantitative estimate of drug-likeness (QED) is 0.620. The molecule has 7 nitrogen and oxygen atoms in total. The molecule has 1 aromatic heterocycles. The molecule has 156 valence electrons. The van der Waals surface area contributed by atoms with Crippen LogP contribution in [-0.4, -0.2) is 49.5 Å². The Bertz CT molecular complexity index is 1070. The van der Waals surface area contributed by atoms with Crippen molar-refractivity contribution in [3.05, 3.63) is 59.4 Å². The minimum absolute atomic E-state index is 0.196. The van der Waals surface area contributed by atoms with Crippen molar-refractivity contribution in [2.24, 2.45) is 0 Å². The molecule has 9 heteroatoms. The average Bonchev–Trinajstić information content (AvgIpc) is 3.22. The number of benzene rings is 2. The Balaban J connectivity index is 1.67. The highest BCUT2D eigenvalue weighted by molar-refractivity contribution is 7.13. The van der Waals surface area contributed by atoms with Gasteiger partial charge in [-0.2, -0.15) is 0 Å². The van der Waals surface area contributed by atoms with Crippen LogP contribution in [0.4, 0.5) is 10.1 Å². The monoisotopic (exact) mass is 429 g/mol. The summed E-state index contributed by atoms with van der Waals surface area (Å²) in [6.07, 6.45) is 0. The molecule has 3 rings (SSSR count). The fourth-order valence-electron chi connectivity index (χ4n) is 2.72. The van der Waals surface area contributed by atoms with Gasteiger partial charge < -0.3 is 19.7 Å². The molecule has 0 unspecified atom stereocenters. The van der Waals surface area contributed by atoms with Gasteiger partial charge in [0, 0.05) is 23.7 Å². The third-order valence-corrected chi connectivity index (χ3v) is 5.08. The van der Waals surface area contributed by atoms with Crippen LogP contribution in [-0.2, 0) is 4.79 Å². The smallest absolute Gasteiger partial charge is 0.273 e. The van der Waals surface area contributed by atoms with E-state index in [1.54, 1.807) is 37.8 Å². The maximum absolute atomic E-state index is 13.2. The van der Waals surface area contributed by atoms with Crippen molar-refractivity contribution in [2.75, 3.05) is 33.1 Å². The highest BCUT2D eigenvalue weighted by atomic mass is 32.1. The van der Waals surface area contributed by atoms with Crippen molar-refractivity contribution in [1.29, 1.82) is 0 Å². The second-order valence-corrected chi connectivity index (χ2v) is 7.19. The minimum atomic E-state index is -0.456. The third-order valence-electron chi connectivity index (χ3n) is 4.19. The van der Waals surface area contributed by atoms with Gasteiger partial charge in [-0.25, -0.2) is 9.37 Å². The summed E-state index contributed by atoms with van der Waals surface area (Å²) in [6, 6.07) is 10.9. The van der Waals surface area contributed by atoms with Crippen LogP contribution in [0.3, 0.4) is 0 Å². The van der Waals surface area contributed by atoms with Crippen LogP contribution >= 0.6 is 11.3 Å². The predicted octanol–water partition coefficient (Wildman–Crippen LogP) is 3.68. The van der Waals surface area contributed by atoms with Crippen molar-refractivity contribution in [2.45, 2.75) is 0 Å². The van der Waals surface area contributed by atoms with Gasteiger partial charge in [-0.05, 0) is 36.4 Å². The second-order valence-electron chi connectivity index (χ2n) is 6.33. The number of halogens is 1. The Morgan fingerprint density at radius 2 is 1.90 bits per heavy atom. The molecule has 1 heterocycles. The topological polar surface area (TPSA) is 80.8 Å². The van der Waals surface area contributed by atoms with Gasteiger partial charge in [-0.15, -0.1) is 11.3 Å². The van der Waals surface area contributed by atoms with Gasteiger partial charge in [-0.3, -0.25) is 9.59 Å². The molecule has 2 amide bonds. The van der Waals surface area contributed by atoms with Gasteiger partial charge >= 0.3 is 0 Å². The van der Waals surface area contributed by atoms with Crippen molar-refractivity contribution in [1.82, 2.24) is 9.88 Å². The number of carbonyl (C=O) groups excluding carboxylic acids is 2. The van der Waals surface area contributed by atoms with E-state index in [9.17, 15) is 14.0 Å². The fourth-order valence-corrected chi connectivity index (χ4v) is 3.51. The zero-order chi connectivity index (χ0) is 21.7. The van der Waals surface area contributed by atoms with Gasteiger partial charge in [-0.1, -0.05) is 6.07 Å². The van der Waals surface area contributed by atoms with Crippen molar-refractivity contribution < 1.29 is 23.5 Å². The lowest BCUT2D eigenvalue weighted by Gasteiger charge is -2.15. The predicted molar refractivity (Wildman–Crippen MR) is 113 cm³/mol. The first-order valence-corrected chi connectivity index (χ1v) is 9.78. The number of hydrogen-bond donors (Lipinski definition) is 1. The summed E-state index contributed by atoms with van der Waals surface area (Å²) in [4.78, 5) is 30.4. The van der Waals surface area contributed by atoms with Crippen LogP contribution in [0.15, 0.2) is 47.8 Å². The number of ether oxygens (including phenoxy) is 2. The number of likely N-dealkylation sites (N-methyl/N-ethyl adjacent to an activating group) is 1. The number of nitrogens with zero attached hydrogens (tertiary/aromatic N) is 2. The zero-order valence-corrected chi connectivity index (χ0v) is 17.5. The summed E-state index contributed by atoms with van der Waals surface area (Å²) in [5.41, 5.74) is 1.33. The molecule has 0 fully saturated rings. The summed E-state index contributed by atoms with van der Waals surface area (Å²) < 4.78 is 23.8. The van der Waals surface area contributed by atoms with Crippen molar-refractivity contribution >= 4 is 28.8 Å². The van der Waals surface area contributed by atoms with E-state index in [4.69, 9.17) is 9.47 Å². The summed E-state index contributed by atoms with van der Waals surface area (Å²) >= 11 is 1.31. The number of carbonyl (C=O) groups is 2. The summed E-state index contributed by atoms with van der Waals surface area (Å²) in [5, 5.41) is 4.83. The van der Waals surface area contributed by atoms with Crippen LogP contribution in [0.1, 0.15) is 10.5 Å². The summed E-state index contributed by atoms with van der Waals surface area (Å²) in [7, 11) is 4.60. The molecule has 0 saturated carbocycles. The Morgan fingerprint density at radius 1 is 1.13 bits per heavy atom. The van der Waals surface area contributed by atoms with Crippen molar-refractivity contribution in [3.8, 4) is 22.1 Å². The highest BCUT2D eigenvalue weighted by Gasteiger charge is 2.19. The Labute approximate surface area is 177 Å². The lowest BCUT2D eigenvalue weighted by Crippen LogP contribution is -2.35. The van der Waals surface area contributed by atoms with Crippen LogP contribution in [0, 0.1) is 5.82 Å². The molecular weight excluding hydrogens is 409 g/mol. The van der Waals surface area contributed by atoms with Crippen LogP contribution in [0.25, 0.3) is 10.6 Å². The Kier molecular flexibility index (Phi) is 6.63. The fraction of sp³-hybridized carbons (Fsp3) is 0.190. The standard InChI is InChI=1S/C21H20FN3O4S/c1-25(11-19(26)23-15-6-4-5-14(22)10-15)21(27)16-12-30-20(24-16)13-7-8-17(28-2)18(9-13)29-3/h4-10,12H,11H2,1-3H3,(H,23,26). The molecule has 1 N–H and O–H groups in total. The largest absolute Gasteiger partial charge is 0.493 e. The van der Waals surface area contributed by atoms with E-state index < -0.39 is 17.6 Å². The van der Waals surface area contributed by atoms with Crippen molar-refractivity contribution in [3.63, 3.8) is 0 Å². The molecule has 0 bridgehead atoms. The first-order valence-electron chi connectivity index (χ1n) is 8.90. The van der Waals surface area contributed by atoms with Crippen LogP contribution in [0.5, 0.6) is 11.5 Å². The summed E-state index contributed by atoms with van der Waals surface area (Å²) in [6.45, 7) is -0.196. The number of thiazole rings is 1. The van der Waals surface area contributed by atoms with Crippen LogP contribution in [0.2, 0.25) is 0 Å². The molecular formula is C21H20FN3O4S. The summed E-state index contributed by atoms with van der Waals surface area (Å²) in [5.74, 6) is -0.135. The minimum Gasteiger partial charge on any atom is -0.493 e. The molecule has 0 aliphatic heterocycles. The molecule has 0 aliphatic rings. The third kappa shape index (κ3) is 4.93. The van der Waals surface area contributed by atoms with E-state index in [0.29, 0.717) is 22.2 Å². The van der Waals surface area contributed by atoms with Gasteiger partial charge in [0.05, 0.1) is 20.8 Å². The van der Waals surface area contributed by atoms with Gasteiger partial charge in [0.15, 0.2) is 11.5 Å². The van der Waals surface area contributed by atoms with Gasteiger partial charge in [0.25, 0.3) is 5.91 Å². The first kappa shape index (κ1) is 21.3. The normalized spacial score (nSPS) is 10.4. The number of methoxy groups -OCH3 is 2. The maximum atomic E-state index is 13.2. The molecule has 0 spiro atoms. The number of amides is 2. The first-order chi connectivity index (χ1) is 14.4. The van der Waals surface area contributed by atoms with Gasteiger partial charge in [0.1, 0.15) is 16.5 Å². The molecule has 2 aromatic carbocycles. The highest BCUT2D eigenvalue weighted by Crippen LogP contribution is 2.33. The Hall–Kier alpha value is -3.46. The Morgan fingerprint density at radius 3 is 2.60 bits per heavy atom. The second kappa shape index (κ2) is 9.36. The van der Waals surface area contributed by atoms with E-state index in [0.717, 1.165) is 5.56 Å². The molecule has 3 aromatic rings. The van der Waals surface area contributed by atoms with E-state index in [2.05, 4.69) is 10.3 Å². The average molecular weight is 429 g/mol. The van der Waals surface area contributed by atoms with Crippen LogP contribution < -0.4 is 14.8 Å². The number of anilines is 1. The lowest BCUT2D eigenvalue weighted by atomic mass is 10.2. The molecule has 0 saturated heterocycles. The van der Waals surface area contributed by atoms with E-state index >= 15 is 0 Å². The molecule has 0 aliphatic carbocycles. The lowest BCUT2D eigenvalue weighted by molar-refractivity contribution is -0.116. The maximum Gasteiger partial charge on any atom is 0.273 e. The zero-order valence-electron chi connectivity index (χ0n) is 16.6. The van der Waals surface area contributed by atoms with E-state index in [1.807, 2.05) is 6.07 Å². The molecule has 0 radical (unpaired) electrons. The number of hydrogen-bond acceptors (Lipinski definition) is 6. The molecule has 0 atom stereocenters. The number of nitrogens with one attached hydrogen (secondary N) is 1. The van der Waals surface area contributed by atoms with Gasteiger partial charge in [0.2, 0.25) is 5.91 Å². The van der Waals surface area contributed by atoms with E-state index in [1.165, 1.54) is 41.5 Å². The number of aromatic nitrogens is 1. The number of rotatable bonds is 7. The van der Waals surface area contributed by atoms with E-state index in [-0.39, 0.29) is 12.2 Å².